The predicted octanol–water partition coefficient (Wildman–Crippen LogP) is 5.93. The summed E-state index contributed by atoms with van der Waals surface area (Å²) in [6.07, 6.45) is 0.980. The zero-order valence-electron chi connectivity index (χ0n) is 16.5. The first-order valence-electron chi connectivity index (χ1n) is 9.67. The molecule has 8 heteroatoms. The molecule has 1 aliphatic rings. The first-order chi connectivity index (χ1) is 15.4. The van der Waals surface area contributed by atoms with Crippen LogP contribution >= 0.6 is 0 Å². The third kappa shape index (κ3) is 3.84. The normalized spacial score (nSPS) is 12.7. The van der Waals surface area contributed by atoms with Gasteiger partial charge in [-0.1, -0.05) is 60.7 Å². The SMILES string of the molecule is O=C(NCC=Cc1c(F)c(F)c(F)c(F)c1F)OCC1c2ccccc2-c2ccccc21. The maximum atomic E-state index is 13.6. The highest BCUT2D eigenvalue weighted by Gasteiger charge is 2.29. The molecule has 0 spiro atoms. The van der Waals surface area contributed by atoms with E-state index in [9.17, 15) is 26.7 Å². The van der Waals surface area contributed by atoms with Crippen LogP contribution < -0.4 is 5.32 Å². The smallest absolute Gasteiger partial charge is 0.407 e. The van der Waals surface area contributed by atoms with Gasteiger partial charge in [-0.15, -0.1) is 0 Å². The van der Waals surface area contributed by atoms with Crippen LogP contribution in [0.15, 0.2) is 54.6 Å². The van der Waals surface area contributed by atoms with Crippen LogP contribution in [0.25, 0.3) is 17.2 Å². The Labute approximate surface area is 180 Å². The topological polar surface area (TPSA) is 38.3 Å². The van der Waals surface area contributed by atoms with Crippen molar-refractivity contribution in [3.63, 3.8) is 0 Å². The van der Waals surface area contributed by atoms with Gasteiger partial charge in [-0.3, -0.25) is 0 Å². The molecule has 0 radical (unpaired) electrons. The fourth-order valence-corrected chi connectivity index (χ4v) is 3.74. The number of carbonyl (C=O) groups is 1. The lowest BCUT2D eigenvalue weighted by Gasteiger charge is -2.14. The van der Waals surface area contributed by atoms with Crippen molar-refractivity contribution in [2.24, 2.45) is 0 Å². The Morgan fingerprint density at radius 1 is 0.812 bits per heavy atom. The van der Waals surface area contributed by atoms with Gasteiger partial charge >= 0.3 is 6.09 Å². The number of rotatable bonds is 5. The molecule has 32 heavy (non-hydrogen) atoms. The Morgan fingerprint density at radius 3 is 1.88 bits per heavy atom. The van der Waals surface area contributed by atoms with Crippen LogP contribution in [0.3, 0.4) is 0 Å². The Hall–Kier alpha value is -3.68. The number of alkyl carbamates (subject to hydrolysis) is 1. The van der Waals surface area contributed by atoms with E-state index in [0.717, 1.165) is 28.3 Å². The maximum absolute atomic E-state index is 13.6. The third-order valence-electron chi connectivity index (χ3n) is 5.24. The summed E-state index contributed by atoms with van der Waals surface area (Å²) >= 11 is 0. The number of fused-ring (bicyclic) bond motifs is 3. The summed E-state index contributed by atoms with van der Waals surface area (Å²) in [6, 6.07) is 15.6. The average molecular weight is 445 g/mol. The third-order valence-corrected chi connectivity index (χ3v) is 5.24. The van der Waals surface area contributed by atoms with Crippen molar-refractivity contribution < 1.29 is 31.5 Å². The second kappa shape index (κ2) is 8.82. The van der Waals surface area contributed by atoms with Gasteiger partial charge < -0.3 is 10.1 Å². The number of benzene rings is 3. The predicted molar refractivity (Wildman–Crippen MR) is 108 cm³/mol. The first kappa shape index (κ1) is 21.5. The molecule has 3 nitrogen and oxygen atoms in total. The van der Waals surface area contributed by atoms with Crippen molar-refractivity contribution >= 4 is 12.2 Å². The van der Waals surface area contributed by atoms with E-state index >= 15 is 0 Å². The van der Waals surface area contributed by atoms with Crippen LogP contribution in [0.2, 0.25) is 0 Å². The average Bonchev–Trinajstić information content (AvgIpc) is 3.13. The standard InChI is InChI=1S/C24H16F5NO2/c25-19-17(20(26)22(28)23(29)21(19)27)10-5-11-30-24(31)32-12-18-15-8-3-1-6-13(15)14-7-2-4-9-16(14)18/h1-10,18H,11-12H2,(H,30,31). The van der Waals surface area contributed by atoms with Crippen molar-refractivity contribution in [3.8, 4) is 11.1 Å². The molecule has 164 valence electrons. The molecule has 0 fully saturated rings. The molecule has 0 saturated heterocycles. The molecule has 0 atom stereocenters. The van der Waals surface area contributed by atoms with Crippen LogP contribution in [-0.4, -0.2) is 19.2 Å². The number of carbonyl (C=O) groups excluding carboxylic acids is 1. The summed E-state index contributed by atoms with van der Waals surface area (Å²) in [5.41, 5.74) is 3.13. The Balaban J connectivity index is 1.37. The van der Waals surface area contributed by atoms with Gasteiger partial charge in [0.1, 0.15) is 6.61 Å². The Bertz CT molecular complexity index is 1150. The van der Waals surface area contributed by atoms with Gasteiger partial charge in [0.25, 0.3) is 0 Å². The first-order valence-corrected chi connectivity index (χ1v) is 9.67. The van der Waals surface area contributed by atoms with Crippen molar-refractivity contribution in [2.75, 3.05) is 13.2 Å². The summed E-state index contributed by atoms with van der Waals surface area (Å²) in [4.78, 5) is 12.0. The molecule has 1 N–H and O–H groups in total. The number of ether oxygens (including phenoxy) is 1. The van der Waals surface area contributed by atoms with Gasteiger partial charge in [0, 0.05) is 12.5 Å². The minimum atomic E-state index is -2.23. The summed E-state index contributed by atoms with van der Waals surface area (Å²) in [7, 11) is 0. The lowest BCUT2D eigenvalue weighted by atomic mass is 9.98. The van der Waals surface area contributed by atoms with Crippen LogP contribution in [0, 0.1) is 29.1 Å². The molecule has 3 aromatic carbocycles. The van der Waals surface area contributed by atoms with Gasteiger partial charge in [0.15, 0.2) is 23.3 Å². The number of halogens is 5. The van der Waals surface area contributed by atoms with Crippen molar-refractivity contribution in [1.29, 1.82) is 0 Å². The minimum absolute atomic E-state index is 0.0706. The summed E-state index contributed by atoms with van der Waals surface area (Å²) in [5, 5.41) is 2.35. The van der Waals surface area contributed by atoms with Crippen LogP contribution in [0.1, 0.15) is 22.6 Å². The van der Waals surface area contributed by atoms with Crippen LogP contribution in [0.5, 0.6) is 0 Å². The highest BCUT2D eigenvalue weighted by molar-refractivity contribution is 5.79. The number of amides is 1. The molecule has 0 saturated carbocycles. The molecule has 0 bridgehead atoms. The Morgan fingerprint density at radius 2 is 1.31 bits per heavy atom. The molecule has 1 aliphatic carbocycles. The number of nitrogens with one attached hydrogen (secondary N) is 1. The van der Waals surface area contributed by atoms with E-state index < -0.39 is 40.7 Å². The molecule has 0 heterocycles. The molecule has 1 amide bonds. The molecule has 0 aliphatic heterocycles. The maximum Gasteiger partial charge on any atom is 0.407 e. The monoisotopic (exact) mass is 445 g/mol. The van der Waals surface area contributed by atoms with Gasteiger partial charge in [0.05, 0.1) is 5.56 Å². The van der Waals surface area contributed by atoms with E-state index in [1.165, 1.54) is 0 Å². The van der Waals surface area contributed by atoms with E-state index in [1.807, 2.05) is 48.5 Å². The highest BCUT2D eigenvalue weighted by atomic mass is 19.2. The van der Waals surface area contributed by atoms with E-state index in [1.54, 1.807) is 0 Å². The molecule has 0 aromatic heterocycles. The fourth-order valence-electron chi connectivity index (χ4n) is 3.74. The quantitative estimate of drug-likeness (QED) is 0.300. The lowest BCUT2D eigenvalue weighted by Crippen LogP contribution is -2.26. The zero-order chi connectivity index (χ0) is 22.8. The number of hydrogen-bond acceptors (Lipinski definition) is 2. The zero-order valence-corrected chi connectivity index (χ0v) is 16.5. The highest BCUT2D eigenvalue weighted by Crippen LogP contribution is 2.44. The van der Waals surface area contributed by atoms with E-state index in [4.69, 9.17) is 4.74 Å². The summed E-state index contributed by atoms with van der Waals surface area (Å²) in [5.74, 6) is -10.3. The minimum Gasteiger partial charge on any atom is -0.449 e. The van der Waals surface area contributed by atoms with Crippen molar-refractivity contribution in [1.82, 2.24) is 5.32 Å². The van der Waals surface area contributed by atoms with Gasteiger partial charge in [-0.05, 0) is 22.3 Å². The molecular weight excluding hydrogens is 429 g/mol. The van der Waals surface area contributed by atoms with Crippen molar-refractivity contribution in [3.05, 3.63) is 100 Å². The molecular formula is C24H16F5NO2. The van der Waals surface area contributed by atoms with Gasteiger partial charge in [-0.25, -0.2) is 26.7 Å². The largest absolute Gasteiger partial charge is 0.449 e. The molecule has 3 aromatic rings. The second-order valence-electron chi connectivity index (χ2n) is 7.09. The van der Waals surface area contributed by atoms with Crippen molar-refractivity contribution in [2.45, 2.75) is 5.92 Å². The van der Waals surface area contributed by atoms with Gasteiger partial charge in [0.2, 0.25) is 5.82 Å². The summed E-state index contributed by atoms with van der Waals surface area (Å²) < 4.78 is 72.1. The van der Waals surface area contributed by atoms with E-state index in [2.05, 4.69) is 5.32 Å². The second-order valence-corrected chi connectivity index (χ2v) is 7.09. The Kier molecular flexibility index (Phi) is 5.94. The molecule has 0 unspecified atom stereocenters. The van der Waals surface area contributed by atoms with E-state index in [0.29, 0.717) is 6.08 Å². The van der Waals surface area contributed by atoms with E-state index in [-0.39, 0.29) is 19.1 Å². The number of hydrogen-bond donors (Lipinski definition) is 1. The van der Waals surface area contributed by atoms with Gasteiger partial charge in [-0.2, -0.15) is 0 Å². The van der Waals surface area contributed by atoms with Crippen LogP contribution in [-0.2, 0) is 4.74 Å². The van der Waals surface area contributed by atoms with Crippen LogP contribution in [0.4, 0.5) is 26.7 Å². The summed E-state index contributed by atoms with van der Waals surface area (Å²) in [6.45, 7) is -0.169. The fraction of sp³-hybridized carbons (Fsp3) is 0.125. The molecule has 4 rings (SSSR count). The lowest BCUT2D eigenvalue weighted by molar-refractivity contribution is 0.144.